The lowest BCUT2D eigenvalue weighted by Crippen LogP contribution is -2.35. The Balaban J connectivity index is 1.42. The summed E-state index contributed by atoms with van der Waals surface area (Å²) in [6, 6.07) is 13.9. The fourth-order valence-corrected chi connectivity index (χ4v) is 3.01. The summed E-state index contributed by atoms with van der Waals surface area (Å²) in [5, 5.41) is 12.1. The van der Waals surface area contributed by atoms with Crippen LogP contribution in [0.3, 0.4) is 0 Å². The van der Waals surface area contributed by atoms with Crippen molar-refractivity contribution in [2.75, 3.05) is 26.2 Å². The Labute approximate surface area is 170 Å². The summed E-state index contributed by atoms with van der Waals surface area (Å²) in [5.41, 5.74) is 2.58. The number of hydrogen-bond acceptors (Lipinski definition) is 5. The van der Waals surface area contributed by atoms with E-state index in [-0.39, 0.29) is 30.5 Å². The third-order valence-corrected chi connectivity index (χ3v) is 4.80. The number of hydrogen-bond donors (Lipinski definition) is 2. The van der Waals surface area contributed by atoms with Gasteiger partial charge in [0, 0.05) is 25.2 Å². The number of aryl methyl sites for hydroxylation is 1. The smallest absolute Gasteiger partial charge is 0.410 e. The van der Waals surface area contributed by atoms with Crippen LogP contribution in [0.2, 0.25) is 0 Å². The highest BCUT2D eigenvalue weighted by Crippen LogP contribution is 2.12. The van der Waals surface area contributed by atoms with Gasteiger partial charge in [-0.25, -0.2) is 4.79 Å². The summed E-state index contributed by atoms with van der Waals surface area (Å²) in [4.78, 5) is 26.1. The first-order valence-electron chi connectivity index (χ1n) is 9.67. The number of aromatic hydroxyl groups is 1. The van der Waals surface area contributed by atoms with Crippen molar-refractivity contribution in [2.24, 2.45) is 0 Å². The van der Waals surface area contributed by atoms with Gasteiger partial charge in [-0.15, -0.1) is 0 Å². The SMILES string of the molecule is Cc1ccc(COC(=O)N2CCO[C@@H](CNC(=O)c3ccc(O)cc3)CC2)cc1. The van der Waals surface area contributed by atoms with Crippen LogP contribution < -0.4 is 5.32 Å². The van der Waals surface area contributed by atoms with E-state index in [0.717, 1.165) is 11.1 Å². The second-order valence-electron chi connectivity index (χ2n) is 7.07. The fraction of sp³-hybridized carbons (Fsp3) is 0.364. The molecule has 0 radical (unpaired) electrons. The molecule has 2 aromatic rings. The molecule has 1 aliphatic rings. The van der Waals surface area contributed by atoms with Crippen LogP contribution in [0.4, 0.5) is 4.79 Å². The molecule has 0 saturated carbocycles. The second-order valence-corrected chi connectivity index (χ2v) is 7.07. The summed E-state index contributed by atoms with van der Waals surface area (Å²) in [5.74, 6) is -0.116. The van der Waals surface area contributed by atoms with Crippen LogP contribution in [-0.4, -0.2) is 54.4 Å². The number of carbonyl (C=O) groups is 2. The molecule has 0 aliphatic carbocycles. The molecule has 0 aromatic heterocycles. The van der Waals surface area contributed by atoms with Crippen LogP contribution in [0, 0.1) is 6.92 Å². The molecule has 29 heavy (non-hydrogen) atoms. The van der Waals surface area contributed by atoms with E-state index in [0.29, 0.717) is 38.2 Å². The van der Waals surface area contributed by atoms with Gasteiger partial charge >= 0.3 is 6.09 Å². The number of nitrogens with one attached hydrogen (secondary N) is 1. The van der Waals surface area contributed by atoms with E-state index in [1.54, 1.807) is 17.0 Å². The van der Waals surface area contributed by atoms with Crippen molar-refractivity contribution in [3.8, 4) is 5.75 Å². The third-order valence-electron chi connectivity index (χ3n) is 4.80. The standard InChI is InChI=1S/C22H26N2O5/c1-16-2-4-17(5-3-16)15-29-22(27)24-11-10-20(28-13-12-24)14-23-21(26)18-6-8-19(25)9-7-18/h2-9,20,25H,10-15H2,1H3,(H,23,26)/t20-/m1/s1. The molecule has 7 nitrogen and oxygen atoms in total. The highest BCUT2D eigenvalue weighted by molar-refractivity contribution is 5.94. The lowest BCUT2D eigenvalue weighted by atomic mass is 10.2. The molecule has 2 amide bonds. The second kappa shape index (κ2) is 9.93. The van der Waals surface area contributed by atoms with E-state index in [1.807, 2.05) is 31.2 Å². The normalized spacial score (nSPS) is 16.7. The topological polar surface area (TPSA) is 88.1 Å². The van der Waals surface area contributed by atoms with Gasteiger partial charge in [-0.2, -0.15) is 0 Å². The molecule has 0 bridgehead atoms. The Bertz CT molecular complexity index is 820. The zero-order valence-electron chi connectivity index (χ0n) is 16.5. The van der Waals surface area contributed by atoms with Crippen LogP contribution in [0.15, 0.2) is 48.5 Å². The van der Waals surface area contributed by atoms with Gasteiger partial charge in [0.05, 0.1) is 12.7 Å². The van der Waals surface area contributed by atoms with Gasteiger partial charge in [-0.05, 0) is 43.2 Å². The van der Waals surface area contributed by atoms with Gasteiger partial charge in [0.1, 0.15) is 12.4 Å². The average molecular weight is 398 g/mol. The Morgan fingerprint density at radius 1 is 1.14 bits per heavy atom. The summed E-state index contributed by atoms with van der Waals surface area (Å²) in [6.45, 7) is 3.95. The van der Waals surface area contributed by atoms with Crippen LogP contribution in [0.5, 0.6) is 5.75 Å². The maximum Gasteiger partial charge on any atom is 0.410 e. The molecule has 1 fully saturated rings. The van der Waals surface area contributed by atoms with E-state index < -0.39 is 0 Å². The fourth-order valence-electron chi connectivity index (χ4n) is 3.01. The van der Waals surface area contributed by atoms with Gasteiger partial charge in [0.25, 0.3) is 5.91 Å². The molecule has 2 N–H and O–H groups in total. The van der Waals surface area contributed by atoms with E-state index >= 15 is 0 Å². The molecule has 0 unspecified atom stereocenters. The molecule has 1 aliphatic heterocycles. The minimum Gasteiger partial charge on any atom is -0.508 e. The van der Waals surface area contributed by atoms with Crippen LogP contribution in [0.1, 0.15) is 27.9 Å². The number of phenols is 1. The number of carbonyl (C=O) groups excluding carboxylic acids is 2. The zero-order valence-corrected chi connectivity index (χ0v) is 16.5. The summed E-state index contributed by atoms with van der Waals surface area (Å²) in [7, 11) is 0. The van der Waals surface area contributed by atoms with E-state index in [2.05, 4.69) is 5.32 Å². The summed E-state index contributed by atoms with van der Waals surface area (Å²) < 4.78 is 11.2. The highest BCUT2D eigenvalue weighted by Gasteiger charge is 2.22. The minimum atomic E-state index is -0.358. The van der Waals surface area contributed by atoms with E-state index in [1.165, 1.54) is 12.1 Å². The molecular formula is C22H26N2O5. The summed E-state index contributed by atoms with van der Waals surface area (Å²) in [6.07, 6.45) is 0.0732. The van der Waals surface area contributed by atoms with E-state index in [9.17, 15) is 14.7 Å². The first kappa shape index (κ1) is 20.7. The van der Waals surface area contributed by atoms with Gasteiger partial charge in [0.15, 0.2) is 0 Å². The van der Waals surface area contributed by atoms with Crippen molar-refractivity contribution in [1.29, 1.82) is 0 Å². The number of amides is 2. The van der Waals surface area contributed by atoms with Crippen molar-refractivity contribution >= 4 is 12.0 Å². The minimum absolute atomic E-state index is 0.114. The van der Waals surface area contributed by atoms with Gasteiger partial charge in [-0.1, -0.05) is 29.8 Å². The molecule has 3 rings (SSSR count). The van der Waals surface area contributed by atoms with Crippen molar-refractivity contribution < 1.29 is 24.2 Å². The number of nitrogens with zero attached hydrogens (tertiary/aromatic N) is 1. The molecule has 7 heteroatoms. The molecule has 1 atom stereocenters. The number of ether oxygens (including phenoxy) is 2. The highest BCUT2D eigenvalue weighted by atomic mass is 16.6. The molecule has 154 valence electrons. The lowest BCUT2D eigenvalue weighted by molar-refractivity contribution is 0.0569. The summed E-state index contributed by atoms with van der Waals surface area (Å²) >= 11 is 0. The largest absolute Gasteiger partial charge is 0.508 e. The Hall–Kier alpha value is -3.06. The molecule has 1 saturated heterocycles. The Morgan fingerprint density at radius 3 is 2.59 bits per heavy atom. The van der Waals surface area contributed by atoms with Gasteiger partial charge in [0.2, 0.25) is 0 Å². The first-order valence-corrected chi connectivity index (χ1v) is 9.67. The molecule has 2 aromatic carbocycles. The van der Waals surface area contributed by atoms with Crippen molar-refractivity contribution in [3.05, 3.63) is 65.2 Å². The van der Waals surface area contributed by atoms with Crippen LogP contribution in [0.25, 0.3) is 0 Å². The lowest BCUT2D eigenvalue weighted by Gasteiger charge is -2.19. The third kappa shape index (κ3) is 6.22. The Morgan fingerprint density at radius 2 is 1.86 bits per heavy atom. The first-order chi connectivity index (χ1) is 14.0. The zero-order chi connectivity index (χ0) is 20.6. The number of rotatable bonds is 5. The molecular weight excluding hydrogens is 372 g/mol. The number of benzene rings is 2. The molecule has 1 heterocycles. The average Bonchev–Trinajstić information content (AvgIpc) is 2.98. The van der Waals surface area contributed by atoms with Gasteiger partial charge < -0.3 is 24.8 Å². The number of phenolic OH excluding ortho intramolecular Hbond substituents is 1. The van der Waals surface area contributed by atoms with Crippen molar-refractivity contribution in [1.82, 2.24) is 10.2 Å². The van der Waals surface area contributed by atoms with Gasteiger partial charge in [-0.3, -0.25) is 4.79 Å². The van der Waals surface area contributed by atoms with Crippen molar-refractivity contribution in [3.63, 3.8) is 0 Å². The van der Waals surface area contributed by atoms with Crippen LogP contribution in [-0.2, 0) is 16.1 Å². The Kier molecular flexibility index (Phi) is 7.08. The monoisotopic (exact) mass is 398 g/mol. The predicted molar refractivity (Wildman–Crippen MR) is 108 cm³/mol. The maximum atomic E-state index is 12.3. The quantitative estimate of drug-likeness (QED) is 0.809. The maximum absolute atomic E-state index is 12.3. The van der Waals surface area contributed by atoms with Crippen molar-refractivity contribution in [2.45, 2.75) is 26.1 Å². The predicted octanol–water partition coefficient (Wildman–Crippen LogP) is 2.86. The molecule has 0 spiro atoms. The van der Waals surface area contributed by atoms with E-state index in [4.69, 9.17) is 9.47 Å². The van der Waals surface area contributed by atoms with Crippen LogP contribution >= 0.6 is 0 Å².